The summed E-state index contributed by atoms with van der Waals surface area (Å²) >= 11 is 1.74. The van der Waals surface area contributed by atoms with Gasteiger partial charge in [-0.25, -0.2) is 4.79 Å². The fraction of sp³-hybridized carbons (Fsp3) is 0.895. The maximum atomic E-state index is 13.0. The molecule has 2 amide bonds. The quantitative estimate of drug-likeness (QED) is 0.604. The molecule has 1 N–H and O–H groups in total. The minimum atomic E-state index is -0.602. The van der Waals surface area contributed by atoms with E-state index in [1.54, 1.807) is 16.7 Å². The normalized spacial score (nSPS) is 22.9. The summed E-state index contributed by atoms with van der Waals surface area (Å²) in [5, 5.41) is 3.40. The van der Waals surface area contributed by atoms with Crippen LogP contribution in [0, 0.1) is 0 Å². The molecule has 0 aromatic rings. The lowest BCUT2D eigenvalue weighted by molar-refractivity contribution is -0.134. The van der Waals surface area contributed by atoms with Crippen molar-refractivity contribution in [3.63, 3.8) is 0 Å². The van der Waals surface area contributed by atoms with Gasteiger partial charge in [0.1, 0.15) is 11.6 Å². The van der Waals surface area contributed by atoms with Crippen LogP contribution in [0.4, 0.5) is 4.79 Å². The summed E-state index contributed by atoms with van der Waals surface area (Å²) in [6.45, 7) is 12.1. The largest absolute Gasteiger partial charge is 0.444 e. The lowest BCUT2D eigenvalue weighted by atomic mass is 10.1. The summed E-state index contributed by atoms with van der Waals surface area (Å²) in [4.78, 5) is 29.1. The van der Waals surface area contributed by atoms with Crippen LogP contribution < -0.4 is 5.32 Å². The molecule has 0 aromatic carbocycles. The molecule has 2 aliphatic rings. The van der Waals surface area contributed by atoms with Gasteiger partial charge in [0.2, 0.25) is 5.91 Å². The van der Waals surface area contributed by atoms with Crippen LogP contribution in [0.1, 0.15) is 41.0 Å². The molecule has 2 heterocycles. The zero-order chi connectivity index (χ0) is 20.7. The Bertz CT molecular complexity index is 516. The van der Waals surface area contributed by atoms with Crippen molar-refractivity contribution in [3.05, 3.63) is 0 Å². The van der Waals surface area contributed by atoms with E-state index >= 15 is 0 Å². The Kier molecular flexibility index (Phi) is 8.85. The van der Waals surface area contributed by atoms with Crippen molar-refractivity contribution >= 4 is 23.8 Å². The van der Waals surface area contributed by atoms with E-state index < -0.39 is 17.7 Å². The Hall–Kier alpha value is -1.03. The van der Waals surface area contributed by atoms with Gasteiger partial charge in [-0.05, 0) is 41.0 Å². The van der Waals surface area contributed by atoms with Gasteiger partial charge in [0, 0.05) is 44.6 Å². The van der Waals surface area contributed by atoms with Crippen molar-refractivity contribution < 1.29 is 23.8 Å². The van der Waals surface area contributed by atoms with Crippen molar-refractivity contribution in [2.24, 2.45) is 0 Å². The smallest absolute Gasteiger partial charge is 0.411 e. The second kappa shape index (κ2) is 10.7. The molecule has 2 aliphatic heterocycles. The number of amides is 2. The molecule has 8 nitrogen and oxygen atoms in total. The van der Waals surface area contributed by atoms with Gasteiger partial charge in [-0.15, -0.1) is 11.8 Å². The lowest BCUT2D eigenvalue weighted by Crippen LogP contribution is -2.48. The van der Waals surface area contributed by atoms with Crippen molar-refractivity contribution in [2.45, 2.75) is 65.0 Å². The van der Waals surface area contributed by atoms with E-state index in [0.29, 0.717) is 38.6 Å². The molecule has 2 unspecified atom stereocenters. The first-order valence-corrected chi connectivity index (χ1v) is 11.2. The van der Waals surface area contributed by atoms with Crippen molar-refractivity contribution in [1.82, 2.24) is 15.1 Å². The summed E-state index contributed by atoms with van der Waals surface area (Å²) in [5.41, 5.74) is -0.602. The van der Waals surface area contributed by atoms with Crippen LogP contribution in [0.3, 0.4) is 0 Å². The van der Waals surface area contributed by atoms with Crippen LogP contribution in [0.15, 0.2) is 0 Å². The molecule has 2 fully saturated rings. The Morgan fingerprint density at radius 3 is 2.43 bits per heavy atom. The first-order chi connectivity index (χ1) is 13.2. The SMILES string of the molecule is CCOC(CNC1CC(C(=O)N2CCSC2)N(C(=O)OC(C)(C)C)C1)OCC. The minimum absolute atomic E-state index is 0.00586. The number of nitrogens with zero attached hydrogens (tertiary/aromatic N) is 2. The van der Waals surface area contributed by atoms with Crippen LogP contribution >= 0.6 is 11.8 Å². The maximum Gasteiger partial charge on any atom is 0.411 e. The number of hydrogen-bond acceptors (Lipinski definition) is 7. The third-order valence-electron chi connectivity index (χ3n) is 4.56. The average Bonchev–Trinajstić information content (AvgIpc) is 3.28. The number of hydrogen-bond donors (Lipinski definition) is 1. The summed E-state index contributed by atoms with van der Waals surface area (Å²) < 4.78 is 16.7. The number of carbonyl (C=O) groups excluding carboxylic acids is 2. The Labute approximate surface area is 172 Å². The van der Waals surface area contributed by atoms with Crippen LogP contribution in [0.2, 0.25) is 0 Å². The predicted molar refractivity (Wildman–Crippen MR) is 109 cm³/mol. The fourth-order valence-electron chi connectivity index (χ4n) is 3.34. The van der Waals surface area contributed by atoms with E-state index in [1.807, 2.05) is 39.5 Å². The lowest BCUT2D eigenvalue weighted by Gasteiger charge is -2.29. The molecule has 0 bridgehead atoms. The number of thioether (sulfide) groups is 1. The average molecular weight is 418 g/mol. The molecule has 162 valence electrons. The van der Waals surface area contributed by atoms with Crippen molar-refractivity contribution in [3.8, 4) is 0 Å². The summed E-state index contributed by atoms with van der Waals surface area (Å²) in [7, 11) is 0. The number of rotatable bonds is 8. The van der Waals surface area contributed by atoms with Crippen LogP contribution in [0.5, 0.6) is 0 Å². The molecule has 9 heteroatoms. The molecule has 0 aromatic heterocycles. The molecule has 28 heavy (non-hydrogen) atoms. The molecule has 2 rings (SSSR count). The van der Waals surface area contributed by atoms with Gasteiger partial charge in [-0.2, -0.15) is 0 Å². The van der Waals surface area contributed by atoms with Gasteiger partial charge in [-0.3, -0.25) is 9.69 Å². The van der Waals surface area contributed by atoms with Gasteiger partial charge >= 0.3 is 6.09 Å². The molecule has 0 saturated carbocycles. The third kappa shape index (κ3) is 6.79. The summed E-state index contributed by atoms with van der Waals surface area (Å²) in [6.07, 6.45) is -0.215. The Morgan fingerprint density at radius 1 is 1.21 bits per heavy atom. The fourth-order valence-corrected chi connectivity index (χ4v) is 4.29. The topological polar surface area (TPSA) is 80.3 Å². The second-order valence-corrected chi connectivity index (χ2v) is 9.04. The van der Waals surface area contributed by atoms with E-state index in [9.17, 15) is 9.59 Å². The first-order valence-electron chi connectivity index (χ1n) is 10.1. The van der Waals surface area contributed by atoms with Crippen molar-refractivity contribution in [1.29, 1.82) is 0 Å². The molecule has 0 spiro atoms. The van der Waals surface area contributed by atoms with Crippen LogP contribution in [0.25, 0.3) is 0 Å². The number of likely N-dealkylation sites (tertiary alicyclic amines) is 1. The molecule has 0 aliphatic carbocycles. The van der Waals surface area contributed by atoms with Gasteiger partial charge < -0.3 is 24.4 Å². The van der Waals surface area contributed by atoms with E-state index in [-0.39, 0.29) is 18.2 Å². The molecule has 2 saturated heterocycles. The maximum absolute atomic E-state index is 13.0. The molecule has 0 radical (unpaired) electrons. The van der Waals surface area contributed by atoms with Gasteiger partial charge in [0.25, 0.3) is 0 Å². The van der Waals surface area contributed by atoms with E-state index in [2.05, 4.69) is 5.32 Å². The number of ether oxygens (including phenoxy) is 3. The third-order valence-corrected chi connectivity index (χ3v) is 5.52. The van der Waals surface area contributed by atoms with E-state index in [1.165, 1.54) is 0 Å². The summed E-state index contributed by atoms with van der Waals surface area (Å²) in [6, 6.07) is -0.510. The van der Waals surface area contributed by atoms with E-state index in [4.69, 9.17) is 14.2 Å². The highest BCUT2D eigenvalue weighted by atomic mass is 32.2. The second-order valence-electron chi connectivity index (χ2n) is 7.97. The minimum Gasteiger partial charge on any atom is -0.444 e. The molecule has 2 atom stereocenters. The molecular weight excluding hydrogens is 382 g/mol. The zero-order valence-electron chi connectivity index (χ0n) is 17.7. The Balaban J connectivity index is 2.03. The van der Waals surface area contributed by atoms with Gasteiger partial charge in [-0.1, -0.05) is 0 Å². The summed E-state index contributed by atoms with van der Waals surface area (Å²) in [5.74, 6) is 1.63. The zero-order valence-corrected chi connectivity index (χ0v) is 18.5. The Morgan fingerprint density at radius 2 is 1.89 bits per heavy atom. The van der Waals surface area contributed by atoms with Crippen LogP contribution in [-0.4, -0.2) is 90.3 Å². The number of carbonyl (C=O) groups is 2. The standard InChI is InChI=1S/C19H35N3O5S/c1-6-25-16(26-7-2)11-20-14-10-15(17(23)21-8-9-28-13-21)22(12-14)18(24)27-19(3,4)5/h14-16,20H,6-13H2,1-5H3. The predicted octanol–water partition coefficient (Wildman–Crippen LogP) is 1.89. The van der Waals surface area contributed by atoms with E-state index in [0.717, 1.165) is 12.3 Å². The highest BCUT2D eigenvalue weighted by Crippen LogP contribution is 2.25. The highest BCUT2D eigenvalue weighted by molar-refractivity contribution is 7.99. The van der Waals surface area contributed by atoms with Gasteiger partial charge in [0.15, 0.2) is 6.29 Å². The number of nitrogens with one attached hydrogen (secondary N) is 1. The molecular formula is C19H35N3O5S. The highest BCUT2D eigenvalue weighted by Gasteiger charge is 2.43. The monoisotopic (exact) mass is 417 g/mol. The van der Waals surface area contributed by atoms with Gasteiger partial charge in [0.05, 0.1) is 5.88 Å². The first kappa shape index (κ1) is 23.3. The van der Waals surface area contributed by atoms with Crippen molar-refractivity contribution in [2.75, 3.05) is 44.5 Å². The van der Waals surface area contributed by atoms with Crippen LogP contribution in [-0.2, 0) is 19.0 Å².